The molecular formula is C14H20N2O3. The Hall–Kier alpha value is -1.97. The molecule has 5 nitrogen and oxygen atoms in total. The van der Waals surface area contributed by atoms with Crippen LogP contribution >= 0.6 is 0 Å². The summed E-state index contributed by atoms with van der Waals surface area (Å²) in [5.74, 6) is 0.554. The molecule has 0 aromatic heterocycles. The lowest BCUT2D eigenvalue weighted by molar-refractivity contribution is -0.191. The number of amides is 1. The molecule has 0 saturated heterocycles. The Labute approximate surface area is 113 Å². The van der Waals surface area contributed by atoms with Gasteiger partial charge in [0.05, 0.1) is 0 Å². The van der Waals surface area contributed by atoms with Gasteiger partial charge in [-0.1, -0.05) is 26.0 Å². The predicted molar refractivity (Wildman–Crippen MR) is 71.4 cm³/mol. The van der Waals surface area contributed by atoms with Crippen LogP contribution in [0.5, 0.6) is 0 Å². The van der Waals surface area contributed by atoms with Crippen LogP contribution in [0.4, 0.5) is 0 Å². The summed E-state index contributed by atoms with van der Waals surface area (Å²) < 4.78 is 0. The van der Waals surface area contributed by atoms with Crippen molar-refractivity contribution in [2.24, 2.45) is 11.7 Å². The average molecular weight is 264 g/mol. The van der Waals surface area contributed by atoms with Crippen LogP contribution in [0, 0.1) is 5.92 Å². The number of rotatable bonds is 5. The number of hydrogen-bond donors (Lipinski definition) is 2. The molecule has 0 spiro atoms. The van der Waals surface area contributed by atoms with E-state index in [-0.39, 0.29) is 12.1 Å². The van der Waals surface area contributed by atoms with Crippen molar-refractivity contribution < 1.29 is 14.4 Å². The maximum atomic E-state index is 11.7. The first-order chi connectivity index (χ1) is 9.04. The smallest absolute Gasteiger partial charge is 0.351 e. The Morgan fingerprint density at radius 3 is 2.53 bits per heavy atom. The van der Waals surface area contributed by atoms with E-state index < -0.39 is 0 Å². The van der Waals surface area contributed by atoms with Crippen LogP contribution in [0.1, 0.15) is 29.8 Å². The standard InChI is InChI=1S/C13H20N2O.CO2/c1-10(2)8-11-4-3-5-12(9-11)13(16)15-7-6-14;2-1-3/h3-5,9-10H,6-8,14H2,1-2H3,(H,15,16);. The second-order valence-corrected chi connectivity index (χ2v) is 4.43. The highest BCUT2D eigenvalue weighted by Crippen LogP contribution is 2.10. The summed E-state index contributed by atoms with van der Waals surface area (Å²) >= 11 is 0. The van der Waals surface area contributed by atoms with E-state index in [1.165, 1.54) is 5.56 Å². The van der Waals surface area contributed by atoms with Gasteiger partial charge in [0, 0.05) is 18.7 Å². The predicted octanol–water partition coefficient (Wildman–Crippen LogP) is 0.990. The Balaban J connectivity index is 0.000000982. The normalized spacial score (nSPS) is 9.26. The zero-order valence-electron chi connectivity index (χ0n) is 11.3. The van der Waals surface area contributed by atoms with E-state index in [9.17, 15) is 4.79 Å². The highest BCUT2D eigenvalue weighted by atomic mass is 16.2. The van der Waals surface area contributed by atoms with Gasteiger partial charge in [0.25, 0.3) is 5.91 Å². The molecule has 0 atom stereocenters. The molecule has 1 aromatic carbocycles. The molecule has 0 radical (unpaired) electrons. The number of nitrogens with one attached hydrogen (secondary N) is 1. The van der Waals surface area contributed by atoms with Crippen LogP contribution in [0.25, 0.3) is 0 Å². The largest absolute Gasteiger partial charge is 0.373 e. The molecule has 0 unspecified atom stereocenters. The molecule has 3 N–H and O–H groups in total. The Morgan fingerprint density at radius 1 is 1.37 bits per heavy atom. The highest BCUT2D eigenvalue weighted by Gasteiger charge is 2.05. The fraction of sp³-hybridized carbons (Fsp3) is 0.429. The van der Waals surface area contributed by atoms with E-state index in [0.717, 1.165) is 6.42 Å². The van der Waals surface area contributed by atoms with Gasteiger partial charge in [-0.15, -0.1) is 0 Å². The van der Waals surface area contributed by atoms with Crippen molar-refractivity contribution in [2.75, 3.05) is 13.1 Å². The van der Waals surface area contributed by atoms with Crippen molar-refractivity contribution in [1.29, 1.82) is 0 Å². The summed E-state index contributed by atoms with van der Waals surface area (Å²) in [4.78, 5) is 27.9. The first-order valence-corrected chi connectivity index (χ1v) is 6.11. The van der Waals surface area contributed by atoms with Gasteiger partial charge in [0.15, 0.2) is 0 Å². The fourth-order valence-electron chi connectivity index (χ4n) is 1.60. The third-order valence-electron chi connectivity index (χ3n) is 2.26. The first kappa shape index (κ1) is 17.0. The SMILES string of the molecule is CC(C)Cc1cccc(C(=O)NCCN)c1.O=C=O. The van der Waals surface area contributed by atoms with Gasteiger partial charge in [-0.2, -0.15) is 9.59 Å². The molecule has 0 aliphatic heterocycles. The lowest BCUT2D eigenvalue weighted by atomic mass is 10.0. The van der Waals surface area contributed by atoms with E-state index in [2.05, 4.69) is 25.2 Å². The van der Waals surface area contributed by atoms with Crippen molar-refractivity contribution in [3.05, 3.63) is 35.4 Å². The maximum absolute atomic E-state index is 11.7. The third kappa shape index (κ3) is 7.86. The Morgan fingerprint density at radius 2 is 2.00 bits per heavy atom. The summed E-state index contributed by atoms with van der Waals surface area (Å²) in [6.45, 7) is 5.33. The minimum atomic E-state index is -0.0453. The monoisotopic (exact) mass is 264 g/mol. The number of carbonyl (C=O) groups excluding carboxylic acids is 3. The molecule has 104 valence electrons. The van der Waals surface area contributed by atoms with E-state index in [1.807, 2.05) is 18.2 Å². The van der Waals surface area contributed by atoms with E-state index in [4.69, 9.17) is 15.3 Å². The summed E-state index contributed by atoms with van der Waals surface area (Å²) in [6, 6.07) is 7.76. The number of carbonyl (C=O) groups is 1. The summed E-state index contributed by atoms with van der Waals surface area (Å²) in [5, 5.41) is 2.77. The topological polar surface area (TPSA) is 89.3 Å². The second kappa shape index (κ2) is 10.00. The van der Waals surface area contributed by atoms with Gasteiger partial charge < -0.3 is 11.1 Å². The molecule has 0 fully saturated rings. The van der Waals surface area contributed by atoms with Gasteiger partial charge in [0.1, 0.15) is 0 Å². The summed E-state index contributed by atoms with van der Waals surface area (Å²) in [5.41, 5.74) is 7.25. The molecule has 0 heterocycles. The minimum absolute atomic E-state index is 0.0453. The van der Waals surface area contributed by atoms with Gasteiger partial charge in [-0.25, -0.2) is 0 Å². The van der Waals surface area contributed by atoms with Crippen molar-refractivity contribution in [1.82, 2.24) is 5.32 Å². The van der Waals surface area contributed by atoms with Gasteiger partial charge in [0.2, 0.25) is 0 Å². The van der Waals surface area contributed by atoms with Crippen LogP contribution in [-0.2, 0) is 16.0 Å². The van der Waals surface area contributed by atoms with Crippen LogP contribution in [0.2, 0.25) is 0 Å². The Bertz CT molecular complexity index is 424. The van der Waals surface area contributed by atoms with Crippen molar-refractivity contribution in [2.45, 2.75) is 20.3 Å². The maximum Gasteiger partial charge on any atom is 0.373 e. The van der Waals surface area contributed by atoms with E-state index in [1.54, 1.807) is 0 Å². The summed E-state index contributed by atoms with van der Waals surface area (Å²) in [7, 11) is 0. The third-order valence-corrected chi connectivity index (χ3v) is 2.26. The van der Waals surface area contributed by atoms with Crippen LogP contribution < -0.4 is 11.1 Å². The Kier molecular flexibility index (Phi) is 8.96. The number of nitrogens with two attached hydrogens (primary N) is 1. The fourth-order valence-corrected chi connectivity index (χ4v) is 1.60. The molecule has 1 rings (SSSR count). The van der Waals surface area contributed by atoms with Gasteiger partial charge in [-0.3, -0.25) is 4.79 Å². The van der Waals surface area contributed by atoms with Crippen molar-refractivity contribution in [3.63, 3.8) is 0 Å². The van der Waals surface area contributed by atoms with Crippen LogP contribution in [-0.4, -0.2) is 25.1 Å². The van der Waals surface area contributed by atoms with Crippen LogP contribution in [0.3, 0.4) is 0 Å². The summed E-state index contributed by atoms with van der Waals surface area (Å²) in [6.07, 6.45) is 1.25. The average Bonchev–Trinajstić information content (AvgIpc) is 2.36. The highest BCUT2D eigenvalue weighted by molar-refractivity contribution is 5.94. The lowest BCUT2D eigenvalue weighted by Crippen LogP contribution is -2.29. The van der Waals surface area contributed by atoms with Crippen molar-refractivity contribution >= 4 is 12.1 Å². The quantitative estimate of drug-likeness (QED) is 0.830. The van der Waals surface area contributed by atoms with E-state index >= 15 is 0 Å². The number of benzene rings is 1. The lowest BCUT2D eigenvalue weighted by Gasteiger charge is -2.07. The van der Waals surface area contributed by atoms with E-state index in [0.29, 0.717) is 24.6 Å². The molecule has 19 heavy (non-hydrogen) atoms. The molecule has 5 heteroatoms. The first-order valence-electron chi connectivity index (χ1n) is 6.11. The molecule has 1 aromatic rings. The zero-order valence-corrected chi connectivity index (χ0v) is 11.3. The minimum Gasteiger partial charge on any atom is -0.351 e. The zero-order chi connectivity index (χ0) is 14.7. The molecule has 0 aliphatic carbocycles. The second-order valence-electron chi connectivity index (χ2n) is 4.43. The number of hydrogen-bond acceptors (Lipinski definition) is 4. The molecule has 0 bridgehead atoms. The molecule has 0 aliphatic rings. The van der Waals surface area contributed by atoms with Crippen molar-refractivity contribution in [3.8, 4) is 0 Å². The van der Waals surface area contributed by atoms with Crippen LogP contribution in [0.15, 0.2) is 24.3 Å². The van der Waals surface area contributed by atoms with Gasteiger partial charge >= 0.3 is 6.15 Å². The molecular weight excluding hydrogens is 244 g/mol. The van der Waals surface area contributed by atoms with Gasteiger partial charge in [-0.05, 0) is 30.0 Å². The molecule has 0 saturated carbocycles. The molecule has 1 amide bonds.